The van der Waals surface area contributed by atoms with Crippen molar-refractivity contribution >= 4 is 37.9 Å². The van der Waals surface area contributed by atoms with Crippen LogP contribution in [-0.2, 0) is 0 Å². The Bertz CT molecular complexity index is 309. The van der Waals surface area contributed by atoms with Crippen LogP contribution in [0.25, 0.3) is 6.08 Å². The standard InChI is InChI=1S/C9H11Br2NO/c1-5(6(2)12)3-7-4-8(10)9(11)13-7/h3-4,6H,12H2,1-2H3. The zero-order valence-electron chi connectivity index (χ0n) is 7.47. The van der Waals surface area contributed by atoms with Gasteiger partial charge >= 0.3 is 0 Å². The number of nitrogens with two attached hydrogens (primary N) is 1. The van der Waals surface area contributed by atoms with Gasteiger partial charge in [-0.05, 0) is 57.8 Å². The molecular weight excluding hydrogens is 298 g/mol. The molecule has 1 aromatic rings. The first-order valence-corrected chi connectivity index (χ1v) is 5.48. The fourth-order valence-electron chi connectivity index (χ4n) is 0.790. The van der Waals surface area contributed by atoms with Crippen molar-refractivity contribution in [1.29, 1.82) is 0 Å². The van der Waals surface area contributed by atoms with Gasteiger partial charge in [-0.15, -0.1) is 0 Å². The molecule has 4 heteroatoms. The van der Waals surface area contributed by atoms with Crippen molar-refractivity contribution in [3.8, 4) is 0 Å². The maximum absolute atomic E-state index is 5.70. The predicted octanol–water partition coefficient (Wildman–Crippen LogP) is 3.56. The Morgan fingerprint density at radius 2 is 2.23 bits per heavy atom. The van der Waals surface area contributed by atoms with E-state index in [0.717, 1.165) is 15.8 Å². The van der Waals surface area contributed by atoms with Gasteiger partial charge in [-0.2, -0.15) is 0 Å². The first-order chi connectivity index (χ1) is 6.00. The molecule has 0 bridgehead atoms. The Hall–Kier alpha value is -0.0600. The third kappa shape index (κ3) is 2.97. The van der Waals surface area contributed by atoms with Gasteiger partial charge in [-0.1, -0.05) is 5.57 Å². The van der Waals surface area contributed by atoms with Crippen molar-refractivity contribution in [1.82, 2.24) is 0 Å². The Kier molecular flexibility index (Phi) is 3.76. The lowest BCUT2D eigenvalue weighted by molar-refractivity contribution is 0.529. The molecule has 72 valence electrons. The fraction of sp³-hybridized carbons (Fsp3) is 0.333. The molecule has 0 fully saturated rings. The molecule has 2 nitrogen and oxygen atoms in total. The first kappa shape index (κ1) is 11.0. The molecule has 0 saturated heterocycles. The molecule has 0 amide bonds. The maximum Gasteiger partial charge on any atom is 0.184 e. The van der Waals surface area contributed by atoms with Crippen LogP contribution in [0.15, 0.2) is 25.2 Å². The van der Waals surface area contributed by atoms with Crippen molar-refractivity contribution in [3.05, 3.63) is 26.5 Å². The summed E-state index contributed by atoms with van der Waals surface area (Å²) in [5, 5.41) is 0. The van der Waals surface area contributed by atoms with E-state index in [1.54, 1.807) is 0 Å². The van der Waals surface area contributed by atoms with E-state index < -0.39 is 0 Å². The van der Waals surface area contributed by atoms with Crippen molar-refractivity contribution in [2.75, 3.05) is 0 Å². The summed E-state index contributed by atoms with van der Waals surface area (Å²) in [7, 11) is 0. The van der Waals surface area contributed by atoms with Crippen molar-refractivity contribution in [2.24, 2.45) is 5.73 Å². The van der Waals surface area contributed by atoms with E-state index in [1.807, 2.05) is 26.0 Å². The average molecular weight is 309 g/mol. The Labute approximate surface area is 94.4 Å². The molecule has 2 N–H and O–H groups in total. The lowest BCUT2D eigenvalue weighted by atomic mass is 10.1. The van der Waals surface area contributed by atoms with E-state index >= 15 is 0 Å². The summed E-state index contributed by atoms with van der Waals surface area (Å²) in [5.74, 6) is 0.800. The molecule has 0 saturated carbocycles. The van der Waals surface area contributed by atoms with Crippen molar-refractivity contribution in [3.63, 3.8) is 0 Å². The highest BCUT2D eigenvalue weighted by atomic mass is 79.9. The van der Waals surface area contributed by atoms with Crippen LogP contribution in [-0.4, -0.2) is 6.04 Å². The van der Waals surface area contributed by atoms with Gasteiger partial charge in [0.25, 0.3) is 0 Å². The molecule has 0 aliphatic heterocycles. The minimum atomic E-state index is 0.0580. The number of furan rings is 1. The molecular formula is C9H11Br2NO. The van der Waals surface area contributed by atoms with Gasteiger partial charge in [-0.25, -0.2) is 0 Å². The Morgan fingerprint density at radius 1 is 1.62 bits per heavy atom. The second-order valence-corrected chi connectivity index (χ2v) is 4.52. The fourth-order valence-corrected chi connectivity index (χ4v) is 1.40. The van der Waals surface area contributed by atoms with Crippen molar-refractivity contribution < 1.29 is 4.42 Å². The van der Waals surface area contributed by atoms with E-state index in [0.29, 0.717) is 4.67 Å². The van der Waals surface area contributed by atoms with Crippen LogP contribution in [0.2, 0.25) is 0 Å². The average Bonchev–Trinajstić information content (AvgIpc) is 2.31. The van der Waals surface area contributed by atoms with E-state index in [9.17, 15) is 0 Å². The van der Waals surface area contributed by atoms with E-state index in [4.69, 9.17) is 10.2 Å². The summed E-state index contributed by atoms with van der Waals surface area (Å²) in [6.45, 7) is 3.92. The zero-order valence-corrected chi connectivity index (χ0v) is 10.6. The third-order valence-electron chi connectivity index (χ3n) is 1.75. The number of hydrogen-bond donors (Lipinski definition) is 1. The molecule has 1 heterocycles. The number of halogens is 2. The molecule has 0 spiro atoms. The van der Waals surface area contributed by atoms with E-state index in [-0.39, 0.29) is 6.04 Å². The molecule has 0 aliphatic rings. The van der Waals surface area contributed by atoms with Gasteiger partial charge in [0.1, 0.15) is 5.76 Å². The molecule has 1 rings (SSSR count). The monoisotopic (exact) mass is 307 g/mol. The predicted molar refractivity (Wildman–Crippen MR) is 61.4 cm³/mol. The van der Waals surface area contributed by atoms with E-state index in [2.05, 4.69) is 31.9 Å². The molecule has 1 unspecified atom stereocenters. The van der Waals surface area contributed by atoms with Crippen LogP contribution in [0.4, 0.5) is 0 Å². The molecule has 0 aromatic carbocycles. The topological polar surface area (TPSA) is 39.2 Å². The van der Waals surface area contributed by atoms with Crippen LogP contribution >= 0.6 is 31.9 Å². The normalized spacial score (nSPS) is 14.7. The quantitative estimate of drug-likeness (QED) is 0.907. The van der Waals surface area contributed by atoms with Crippen LogP contribution in [0.1, 0.15) is 19.6 Å². The number of hydrogen-bond acceptors (Lipinski definition) is 2. The zero-order chi connectivity index (χ0) is 10.0. The Morgan fingerprint density at radius 3 is 2.62 bits per heavy atom. The smallest absolute Gasteiger partial charge is 0.184 e. The van der Waals surface area contributed by atoms with Crippen LogP contribution in [0.3, 0.4) is 0 Å². The van der Waals surface area contributed by atoms with Gasteiger partial charge < -0.3 is 10.2 Å². The summed E-state index contributed by atoms with van der Waals surface area (Å²) < 4.78 is 6.99. The van der Waals surface area contributed by atoms with Crippen LogP contribution in [0.5, 0.6) is 0 Å². The highest BCUT2D eigenvalue weighted by Crippen LogP contribution is 2.27. The van der Waals surface area contributed by atoms with Crippen molar-refractivity contribution in [2.45, 2.75) is 19.9 Å². The van der Waals surface area contributed by atoms with Gasteiger partial charge in [0, 0.05) is 6.04 Å². The maximum atomic E-state index is 5.70. The highest BCUT2D eigenvalue weighted by molar-refractivity contribution is 9.13. The third-order valence-corrected chi connectivity index (χ3v) is 3.46. The van der Waals surface area contributed by atoms with Gasteiger partial charge in [0.15, 0.2) is 4.67 Å². The lowest BCUT2D eigenvalue weighted by Gasteiger charge is -2.02. The van der Waals surface area contributed by atoms with E-state index in [1.165, 1.54) is 0 Å². The second kappa shape index (κ2) is 4.44. The second-order valence-electron chi connectivity index (χ2n) is 2.95. The minimum Gasteiger partial charge on any atom is -0.449 e. The first-order valence-electron chi connectivity index (χ1n) is 3.89. The molecule has 1 aromatic heterocycles. The van der Waals surface area contributed by atoms with Gasteiger partial charge in [0.2, 0.25) is 0 Å². The van der Waals surface area contributed by atoms with Crippen LogP contribution in [0, 0.1) is 0 Å². The SMILES string of the molecule is CC(=Cc1cc(Br)c(Br)o1)C(C)N. The van der Waals surface area contributed by atoms with Gasteiger partial charge in [-0.3, -0.25) is 0 Å². The summed E-state index contributed by atoms with van der Waals surface area (Å²) in [6.07, 6.45) is 1.93. The Balaban J connectivity index is 2.91. The molecule has 1 atom stereocenters. The number of rotatable bonds is 2. The summed E-state index contributed by atoms with van der Waals surface area (Å²) in [4.78, 5) is 0. The molecule has 0 aliphatic carbocycles. The molecule has 13 heavy (non-hydrogen) atoms. The minimum absolute atomic E-state index is 0.0580. The summed E-state index contributed by atoms with van der Waals surface area (Å²) >= 11 is 6.61. The largest absolute Gasteiger partial charge is 0.449 e. The molecule has 0 radical (unpaired) electrons. The highest BCUT2D eigenvalue weighted by Gasteiger charge is 2.04. The van der Waals surface area contributed by atoms with Gasteiger partial charge in [0.05, 0.1) is 4.47 Å². The van der Waals surface area contributed by atoms with Crippen LogP contribution < -0.4 is 5.73 Å². The summed E-state index contributed by atoms with van der Waals surface area (Å²) in [5.41, 5.74) is 6.79. The lowest BCUT2D eigenvalue weighted by Crippen LogP contribution is -2.15. The summed E-state index contributed by atoms with van der Waals surface area (Å²) in [6, 6.07) is 1.96.